The van der Waals surface area contributed by atoms with E-state index in [0.717, 1.165) is 0 Å². The molecule has 0 aliphatic carbocycles. The smallest absolute Gasteiger partial charge is 0.146 e. The van der Waals surface area contributed by atoms with E-state index in [1.807, 2.05) is 6.92 Å². The molecule has 0 spiro atoms. The molecule has 1 aromatic carbocycles. The van der Waals surface area contributed by atoms with Gasteiger partial charge in [-0.1, -0.05) is 24.6 Å². The summed E-state index contributed by atoms with van der Waals surface area (Å²) in [4.78, 5) is 0. The largest absolute Gasteiger partial charge is 0.388 e. The lowest BCUT2D eigenvalue weighted by molar-refractivity contribution is 0.168. The number of aliphatic hydroxyl groups is 1. The van der Waals surface area contributed by atoms with Crippen LogP contribution in [-0.2, 0) is 5.75 Å². The van der Waals surface area contributed by atoms with E-state index in [4.69, 9.17) is 11.6 Å². The van der Waals surface area contributed by atoms with Gasteiger partial charge in [0.1, 0.15) is 5.82 Å². The number of rotatable bonds is 0. The van der Waals surface area contributed by atoms with Crippen LogP contribution in [0.15, 0.2) is 12.1 Å². The second-order valence-electron chi connectivity index (χ2n) is 3.80. The molecule has 2 atom stereocenters. The Balaban J connectivity index is 2.48. The van der Waals surface area contributed by atoms with Gasteiger partial charge >= 0.3 is 0 Å². The molecule has 0 fully saturated rings. The standard InChI is InChI=1S/C11H12ClFOS/c1-6-4-10(14)7-2-3-9(12)11(13)8(7)5-15-6/h2-3,6,10,14H,4-5H2,1H3/t6?,10-/m1/s1. The Morgan fingerprint density at radius 1 is 1.53 bits per heavy atom. The fraction of sp³-hybridized carbons (Fsp3) is 0.455. The van der Waals surface area contributed by atoms with Gasteiger partial charge in [-0.15, -0.1) is 0 Å². The predicted molar refractivity (Wildman–Crippen MR) is 61.7 cm³/mol. The van der Waals surface area contributed by atoms with E-state index in [1.165, 1.54) is 6.07 Å². The average molecular weight is 247 g/mol. The molecule has 2 rings (SSSR count). The molecule has 1 aliphatic heterocycles. The molecule has 0 saturated heterocycles. The summed E-state index contributed by atoms with van der Waals surface area (Å²) in [5.74, 6) is 0.203. The summed E-state index contributed by atoms with van der Waals surface area (Å²) in [6.45, 7) is 2.04. The maximum atomic E-state index is 13.7. The third-order valence-electron chi connectivity index (χ3n) is 2.66. The van der Waals surface area contributed by atoms with Crippen LogP contribution >= 0.6 is 23.4 Å². The highest BCUT2D eigenvalue weighted by Gasteiger charge is 2.24. The Labute approximate surface area is 97.6 Å². The molecule has 0 amide bonds. The van der Waals surface area contributed by atoms with Gasteiger partial charge in [0.25, 0.3) is 0 Å². The van der Waals surface area contributed by atoms with E-state index < -0.39 is 6.10 Å². The number of halogens is 2. The van der Waals surface area contributed by atoms with Crippen LogP contribution in [0.1, 0.15) is 30.6 Å². The maximum absolute atomic E-state index is 13.7. The maximum Gasteiger partial charge on any atom is 0.146 e. The van der Waals surface area contributed by atoms with Gasteiger partial charge in [-0.3, -0.25) is 0 Å². The third-order valence-corrected chi connectivity index (χ3v) is 4.17. The summed E-state index contributed by atoms with van der Waals surface area (Å²) < 4.78 is 13.7. The molecule has 1 heterocycles. The molecule has 1 unspecified atom stereocenters. The normalized spacial score (nSPS) is 25.9. The molecule has 0 saturated carbocycles. The quantitative estimate of drug-likeness (QED) is 0.756. The number of benzene rings is 1. The minimum Gasteiger partial charge on any atom is -0.388 e. The number of thioether (sulfide) groups is 1. The second-order valence-corrected chi connectivity index (χ2v) is 5.64. The zero-order chi connectivity index (χ0) is 11.0. The highest BCUT2D eigenvalue weighted by atomic mass is 35.5. The number of fused-ring (bicyclic) bond motifs is 1. The fourth-order valence-corrected chi connectivity index (χ4v) is 3.04. The number of hydrogen-bond acceptors (Lipinski definition) is 2. The van der Waals surface area contributed by atoms with Crippen LogP contribution in [-0.4, -0.2) is 10.4 Å². The first-order valence-corrected chi connectivity index (χ1v) is 6.28. The lowest BCUT2D eigenvalue weighted by Crippen LogP contribution is -2.04. The van der Waals surface area contributed by atoms with Gasteiger partial charge in [0, 0.05) is 16.6 Å². The SMILES string of the molecule is CC1C[C@@H](O)c2ccc(Cl)c(F)c2CS1. The van der Waals surface area contributed by atoms with E-state index in [-0.39, 0.29) is 10.8 Å². The van der Waals surface area contributed by atoms with E-state index in [2.05, 4.69) is 0 Å². The van der Waals surface area contributed by atoms with Crippen molar-refractivity contribution in [3.8, 4) is 0 Å². The van der Waals surface area contributed by atoms with E-state index in [0.29, 0.717) is 28.6 Å². The van der Waals surface area contributed by atoms with Gasteiger partial charge in [0.15, 0.2) is 0 Å². The van der Waals surface area contributed by atoms with Crippen molar-refractivity contribution >= 4 is 23.4 Å². The van der Waals surface area contributed by atoms with Crippen LogP contribution in [0, 0.1) is 5.82 Å². The first-order chi connectivity index (χ1) is 7.09. The molecule has 4 heteroatoms. The monoisotopic (exact) mass is 246 g/mol. The van der Waals surface area contributed by atoms with Crippen LogP contribution in [0.4, 0.5) is 4.39 Å². The molecule has 1 nitrogen and oxygen atoms in total. The zero-order valence-electron chi connectivity index (χ0n) is 8.34. The molecule has 15 heavy (non-hydrogen) atoms. The summed E-state index contributed by atoms with van der Waals surface area (Å²) in [5.41, 5.74) is 1.25. The highest BCUT2D eigenvalue weighted by molar-refractivity contribution is 7.99. The molecular weight excluding hydrogens is 235 g/mol. The minimum atomic E-state index is -0.572. The minimum absolute atomic E-state index is 0.135. The van der Waals surface area contributed by atoms with Crippen LogP contribution in [0.3, 0.4) is 0 Å². The van der Waals surface area contributed by atoms with Crippen LogP contribution < -0.4 is 0 Å². The lowest BCUT2D eigenvalue weighted by Gasteiger charge is -2.13. The molecule has 1 N–H and O–H groups in total. The first kappa shape index (κ1) is 11.2. The Kier molecular flexibility index (Phi) is 3.24. The van der Waals surface area contributed by atoms with Crippen molar-refractivity contribution in [1.82, 2.24) is 0 Å². The summed E-state index contributed by atoms with van der Waals surface area (Å²) in [5, 5.41) is 10.4. The first-order valence-electron chi connectivity index (χ1n) is 4.86. The van der Waals surface area contributed by atoms with Crippen molar-refractivity contribution in [2.75, 3.05) is 0 Å². The van der Waals surface area contributed by atoms with Gasteiger partial charge in [-0.25, -0.2) is 4.39 Å². The van der Waals surface area contributed by atoms with E-state index >= 15 is 0 Å². The van der Waals surface area contributed by atoms with Crippen molar-refractivity contribution in [1.29, 1.82) is 0 Å². The lowest BCUT2D eigenvalue weighted by atomic mass is 10.00. The third kappa shape index (κ3) is 2.14. The fourth-order valence-electron chi connectivity index (χ4n) is 1.80. The topological polar surface area (TPSA) is 20.2 Å². The molecule has 1 aromatic rings. The molecule has 82 valence electrons. The number of hydrogen-bond donors (Lipinski definition) is 1. The molecule has 0 aromatic heterocycles. The summed E-state index contributed by atoms with van der Waals surface area (Å²) in [6, 6.07) is 3.24. The van der Waals surface area contributed by atoms with Gasteiger partial charge in [0.05, 0.1) is 11.1 Å². The van der Waals surface area contributed by atoms with E-state index in [9.17, 15) is 9.50 Å². The Bertz CT molecular complexity index is 383. The Morgan fingerprint density at radius 3 is 3.00 bits per heavy atom. The Morgan fingerprint density at radius 2 is 2.27 bits per heavy atom. The summed E-state index contributed by atoms with van der Waals surface area (Å²) >= 11 is 7.37. The van der Waals surface area contributed by atoms with Gasteiger partial charge in [0.2, 0.25) is 0 Å². The van der Waals surface area contributed by atoms with Crippen molar-refractivity contribution < 1.29 is 9.50 Å². The molecule has 0 bridgehead atoms. The van der Waals surface area contributed by atoms with Gasteiger partial charge < -0.3 is 5.11 Å². The summed E-state index contributed by atoms with van der Waals surface area (Å²) in [7, 11) is 0. The predicted octanol–water partition coefficient (Wildman–Crippen LogP) is 3.54. The van der Waals surface area contributed by atoms with Crippen molar-refractivity contribution in [2.45, 2.75) is 30.5 Å². The van der Waals surface area contributed by atoms with Crippen LogP contribution in [0.25, 0.3) is 0 Å². The highest BCUT2D eigenvalue weighted by Crippen LogP contribution is 2.37. The van der Waals surface area contributed by atoms with E-state index in [1.54, 1.807) is 17.8 Å². The van der Waals surface area contributed by atoms with Crippen molar-refractivity contribution in [2.24, 2.45) is 0 Å². The van der Waals surface area contributed by atoms with Crippen LogP contribution in [0.2, 0.25) is 5.02 Å². The van der Waals surface area contributed by atoms with Gasteiger partial charge in [-0.2, -0.15) is 11.8 Å². The van der Waals surface area contributed by atoms with Crippen molar-refractivity contribution in [3.05, 3.63) is 34.1 Å². The average Bonchev–Trinajstić information content (AvgIpc) is 2.32. The second kappa shape index (κ2) is 4.32. The van der Waals surface area contributed by atoms with Crippen LogP contribution in [0.5, 0.6) is 0 Å². The van der Waals surface area contributed by atoms with Crippen molar-refractivity contribution in [3.63, 3.8) is 0 Å². The molecule has 0 radical (unpaired) electrons. The number of aliphatic hydroxyl groups excluding tert-OH is 1. The van der Waals surface area contributed by atoms with Gasteiger partial charge in [-0.05, 0) is 18.1 Å². The molecular formula is C11H12ClFOS. The molecule has 1 aliphatic rings. The Hall–Kier alpha value is -0.250. The zero-order valence-corrected chi connectivity index (χ0v) is 9.91. The summed E-state index contributed by atoms with van der Waals surface area (Å²) in [6.07, 6.45) is 0.0930.